The van der Waals surface area contributed by atoms with E-state index < -0.39 is 27.7 Å². The van der Waals surface area contributed by atoms with Gasteiger partial charge in [-0.15, -0.1) is 0 Å². The van der Waals surface area contributed by atoms with Crippen molar-refractivity contribution in [3.63, 3.8) is 0 Å². The summed E-state index contributed by atoms with van der Waals surface area (Å²) in [5.74, 6) is 0.00535. The lowest BCUT2D eigenvalue weighted by molar-refractivity contribution is -0.242. The van der Waals surface area contributed by atoms with Crippen molar-refractivity contribution in [2.75, 3.05) is 28.7 Å². The molecule has 2 N–H and O–H groups in total. The van der Waals surface area contributed by atoms with Crippen molar-refractivity contribution in [1.29, 1.82) is 0 Å². The third-order valence-electron chi connectivity index (χ3n) is 4.24. The SMILES string of the molecule is CCS(=O)(=O)C[C@@H]1CNc2cc(NC(=O)OC(C)(C)C(F)(F)F)cnc2C1. The second kappa shape index (κ2) is 7.53. The van der Waals surface area contributed by atoms with Crippen molar-refractivity contribution in [2.24, 2.45) is 5.92 Å². The molecule has 0 radical (unpaired) electrons. The van der Waals surface area contributed by atoms with Gasteiger partial charge in [0.1, 0.15) is 9.84 Å². The zero-order chi connectivity index (χ0) is 20.5. The molecule has 0 saturated carbocycles. The first-order chi connectivity index (χ1) is 12.3. The molecule has 0 fully saturated rings. The zero-order valence-corrected chi connectivity index (χ0v) is 16.0. The number of carbonyl (C=O) groups is 1. The van der Waals surface area contributed by atoms with Crippen molar-refractivity contribution < 1.29 is 31.1 Å². The average Bonchev–Trinajstić information content (AvgIpc) is 2.53. The van der Waals surface area contributed by atoms with Gasteiger partial charge in [0.15, 0.2) is 0 Å². The fraction of sp³-hybridized carbons (Fsp3) is 0.625. The van der Waals surface area contributed by atoms with Gasteiger partial charge >= 0.3 is 12.3 Å². The molecule has 2 rings (SSSR count). The first kappa shape index (κ1) is 21.3. The molecule has 1 aromatic rings. The van der Waals surface area contributed by atoms with E-state index in [2.05, 4.69) is 20.4 Å². The molecule has 1 aliphatic rings. The number of ether oxygens (including phenoxy) is 1. The number of rotatable bonds is 5. The lowest BCUT2D eigenvalue weighted by atomic mass is 9.99. The quantitative estimate of drug-likeness (QED) is 0.776. The summed E-state index contributed by atoms with van der Waals surface area (Å²) < 4.78 is 66.2. The molecule has 27 heavy (non-hydrogen) atoms. The van der Waals surface area contributed by atoms with Crippen molar-refractivity contribution in [3.05, 3.63) is 18.0 Å². The number of hydrogen-bond donors (Lipinski definition) is 2. The summed E-state index contributed by atoms with van der Waals surface area (Å²) in [4.78, 5) is 15.9. The molecule has 0 unspecified atom stereocenters. The number of pyridine rings is 1. The molecule has 152 valence electrons. The summed E-state index contributed by atoms with van der Waals surface area (Å²) in [6.45, 7) is 3.52. The minimum absolute atomic E-state index is 0.0521. The number of carbonyl (C=O) groups excluding carboxylic acids is 1. The molecule has 1 aliphatic heterocycles. The molecule has 0 aromatic carbocycles. The summed E-state index contributed by atoms with van der Waals surface area (Å²) >= 11 is 0. The van der Waals surface area contributed by atoms with Crippen LogP contribution in [0, 0.1) is 5.92 Å². The molecule has 1 amide bonds. The van der Waals surface area contributed by atoms with Gasteiger partial charge in [0.05, 0.1) is 29.0 Å². The van der Waals surface area contributed by atoms with Gasteiger partial charge in [-0.3, -0.25) is 10.3 Å². The Bertz CT molecular complexity index is 810. The van der Waals surface area contributed by atoms with Gasteiger partial charge in [-0.25, -0.2) is 13.2 Å². The fourth-order valence-corrected chi connectivity index (χ4v) is 3.69. The standard InChI is InChI=1S/C16H22F3N3O4S/c1-4-27(24,25)9-10-5-12-13(20-7-10)6-11(8-21-12)22-14(23)26-15(2,3)16(17,18)19/h6,8,10,20H,4-5,7,9H2,1-3H3,(H,22,23)/t10-/m0/s1. The molecular formula is C16H22F3N3O4S. The number of hydrogen-bond acceptors (Lipinski definition) is 6. The van der Waals surface area contributed by atoms with Gasteiger partial charge < -0.3 is 10.1 Å². The van der Waals surface area contributed by atoms with Crippen LogP contribution >= 0.6 is 0 Å². The smallest absolute Gasteiger partial charge is 0.427 e. The van der Waals surface area contributed by atoms with Crippen LogP contribution in [0.1, 0.15) is 26.5 Å². The first-order valence-electron chi connectivity index (χ1n) is 8.33. The maximum absolute atomic E-state index is 12.8. The molecule has 1 aromatic heterocycles. The van der Waals surface area contributed by atoms with Gasteiger partial charge in [-0.05, 0) is 32.3 Å². The van der Waals surface area contributed by atoms with Crippen LogP contribution in [0.3, 0.4) is 0 Å². The Morgan fingerprint density at radius 3 is 2.67 bits per heavy atom. The monoisotopic (exact) mass is 409 g/mol. The Labute approximate surface area is 155 Å². The molecule has 2 heterocycles. The Balaban J connectivity index is 2.02. The van der Waals surface area contributed by atoms with Gasteiger partial charge in [0.25, 0.3) is 0 Å². The molecule has 0 aliphatic carbocycles. The number of sulfone groups is 1. The highest BCUT2D eigenvalue weighted by atomic mass is 32.2. The molecule has 1 atom stereocenters. The van der Waals surface area contributed by atoms with Crippen LogP contribution in [-0.4, -0.2) is 49.3 Å². The third kappa shape index (κ3) is 5.47. The van der Waals surface area contributed by atoms with Crippen molar-refractivity contribution in [1.82, 2.24) is 4.98 Å². The van der Waals surface area contributed by atoms with E-state index in [1.54, 1.807) is 6.92 Å². The van der Waals surface area contributed by atoms with Crippen LogP contribution in [0.25, 0.3) is 0 Å². The second-order valence-corrected chi connectivity index (χ2v) is 9.29. The number of nitrogens with zero attached hydrogens (tertiary/aromatic N) is 1. The van der Waals surface area contributed by atoms with Crippen LogP contribution < -0.4 is 10.6 Å². The molecule has 0 bridgehead atoms. The first-order valence-corrected chi connectivity index (χ1v) is 10.1. The van der Waals surface area contributed by atoms with Crippen molar-refractivity contribution in [2.45, 2.75) is 39.0 Å². The predicted molar refractivity (Wildman–Crippen MR) is 94.5 cm³/mol. The van der Waals surface area contributed by atoms with Gasteiger partial charge in [0.2, 0.25) is 5.60 Å². The molecule has 7 nitrogen and oxygen atoms in total. The van der Waals surface area contributed by atoms with E-state index in [0.29, 0.717) is 24.3 Å². The highest BCUT2D eigenvalue weighted by molar-refractivity contribution is 7.91. The van der Waals surface area contributed by atoms with E-state index >= 15 is 0 Å². The van der Waals surface area contributed by atoms with Crippen LogP contribution in [0.5, 0.6) is 0 Å². The molecule has 11 heteroatoms. The molecule has 0 spiro atoms. The van der Waals surface area contributed by atoms with E-state index in [1.165, 1.54) is 12.3 Å². The molecule has 0 saturated heterocycles. The highest BCUT2D eigenvalue weighted by Gasteiger charge is 2.51. The summed E-state index contributed by atoms with van der Waals surface area (Å²) in [7, 11) is -3.11. The topological polar surface area (TPSA) is 97.4 Å². The molecular weight excluding hydrogens is 387 g/mol. The third-order valence-corrected chi connectivity index (χ3v) is 6.10. The summed E-state index contributed by atoms with van der Waals surface area (Å²) in [6.07, 6.45) is -4.21. The Kier molecular flexibility index (Phi) is 5.93. The van der Waals surface area contributed by atoms with E-state index in [0.717, 1.165) is 13.8 Å². The summed E-state index contributed by atoms with van der Waals surface area (Å²) in [5.41, 5.74) is -1.24. The van der Waals surface area contributed by atoms with Crippen LogP contribution in [0.15, 0.2) is 12.3 Å². The van der Waals surface area contributed by atoms with Gasteiger partial charge in [0, 0.05) is 12.3 Å². The Morgan fingerprint density at radius 1 is 1.41 bits per heavy atom. The minimum Gasteiger partial charge on any atom is -0.434 e. The predicted octanol–water partition coefficient (Wildman–Crippen LogP) is 2.99. The second-order valence-electron chi connectivity index (χ2n) is 6.89. The zero-order valence-electron chi connectivity index (χ0n) is 15.2. The van der Waals surface area contributed by atoms with E-state index in [4.69, 9.17) is 0 Å². The van der Waals surface area contributed by atoms with Crippen LogP contribution in [0.2, 0.25) is 0 Å². The number of amides is 1. The number of halogens is 3. The maximum atomic E-state index is 12.8. The minimum atomic E-state index is -4.70. The number of alkyl halides is 3. The fourth-order valence-electron chi connectivity index (χ4n) is 2.50. The number of nitrogens with one attached hydrogen (secondary N) is 2. The number of fused-ring (bicyclic) bond motifs is 1. The lowest BCUT2D eigenvalue weighted by Crippen LogP contribution is -2.44. The Hall–Kier alpha value is -2.04. The largest absolute Gasteiger partial charge is 0.434 e. The normalized spacial score (nSPS) is 17.6. The van der Waals surface area contributed by atoms with Gasteiger partial charge in [-0.2, -0.15) is 13.2 Å². The summed E-state index contributed by atoms with van der Waals surface area (Å²) in [6, 6.07) is 1.52. The van der Waals surface area contributed by atoms with Crippen LogP contribution in [-0.2, 0) is 21.0 Å². The maximum Gasteiger partial charge on any atom is 0.427 e. The van der Waals surface area contributed by atoms with Gasteiger partial charge in [-0.1, -0.05) is 6.92 Å². The van der Waals surface area contributed by atoms with Crippen LogP contribution in [0.4, 0.5) is 29.3 Å². The van der Waals surface area contributed by atoms with Crippen molar-refractivity contribution in [3.8, 4) is 0 Å². The lowest BCUT2D eigenvalue weighted by Gasteiger charge is -2.28. The number of aromatic nitrogens is 1. The average molecular weight is 409 g/mol. The highest BCUT2D eigenvalue weighted by Crippen LogP contribution is 2.33. The number of anilines is 2. The van der Waals surface area contributed by atoms with Crippen molar-refractivity contribution >= 4 is 27.3 Å². The van der Waals surface area contributed by atoms with E-state index in [9.17, 15) is 26.4 Å². The summed E-state index contributed by atoms with van der Waals surface area (Å²) in [5, 5.41) is 5.27. The Morgan fingerprint density at radius 2 is 2.07 bits per heavy atom. The van der Waals surface area contributed by atoms with E-state index in [1.807, 2.05) is 0 Å². The van der Waals surface area contributed by atoms with E-state index in [-0.39, 0.29) is 23.1 Å².